The van der Waals surface area contributed by atoms with Gasteiger partial charge in [0.15, 0.2) is 11.5 Å². The number of Topliss-reactive ketones (excluding diaryl/α,β-unsaturated/α-hetero) is 1. The topological polar surface area (TPSA) is 67.9 Å². The molecular weight excluding hydrogens is 496 g/mol. The van der Waals surface area contributed by atoms with Crippen molar-refractivity contribution >= 4 is 27.6 Å². The summed E-state index contributed by atoms with van der Waals surface area (Å²) in [5.41, 5.74) is 3.03. The Bertz CT molecular complexity index is 1050. The normalized spacial score (nSPS) is 24.2. The van der Waals surface area contributed by atoms with Crippen molar-refractivity contribution in [3.05, 3.63) is 45.2 Å². The molecule has 1 aromatic rings. The number of hydrogen-bond acceptors (Lipinski definition) is 5. The first kappa shape index (κ1) is 24.8. The van der Waals surface area contributed by atoms with Crippen LogP contribution in [0.25, 0.3) is 0 Å². The molecular formula is C27H35BrN2O4. The number of methoxy groups -OCH3 is 1. The van der Waals surface area contributed by atoms with E-state index in [-0.39, 0.29) is 17.1 Å². The van der Waals surface area contributed by atoms with Crippen LogP contribution in [0.2, 0.25) is 0 Å². The zero-order chi connectivity index (χ0) is 24.6. The summed E-state index contributed by atoms with van der Waals surface area (Å²) in [7, 11) is 1.61. The Balaban J connectivity index is 1.90. The number of allylic oxidation sites excluding steroid dienone is 3. The summed E-state index contributed by atoms with van der Waals surface area (Å²) >= 11 is 3.63. The van der Waals surface area contributed by atoms with Gasteiger partial charge < -0.3 is 19.7 Å². The van der Waals surface area contributed by atoms with Gasteiger partial charge in [0.25, 0.3) is 5.91 Å². The Morgan fingerprint density at radius 1 is 1.21 bits per heavy atom. The van der Waals surface area contributed by atoms with E-state index in [2.05, 4.69) is 41.2 Å². The number of carbonyl (C=O) groups excluding carboxylic acids is 2. The number of halogens is 1. The number of hydrogen-bond donors (Lipinski definition) is 1. The van der Waals surface area contributed by atoms with Crippen LogP contribution in [0, 0.1) is 11.3 Å². The van der Waals surface area contributed by atoms with Crippen molar-refractivity contribution in [1.29, 1.82) is 0 Å². The average Bonchev–Trinajstić information content (AvgIpc) is 2.77. The van der Waals surface area contributed by atoms with E-state index in [4.69, 9.17) is 9.47 Å². The highest BCUT2D eigenvalue weighted by molar-refractivity contribution is 9.10. The SMILES string of the molecule is CCOc1cc(C2C(C(=O)N3CCCCC3)=C(C)NC3=CC(C)(C)CC(=O)C32)cc(Br)c1OC. The lowest BCUT2D eigenvalue weighted by atomic mass is 9.66. The molecule has 1 aliphatic carbocycles. The number of nitrogens with one attached hydrogen (secondary N) is 1. The molecule has 4 rings (SSSR count). The van der Waals surface area contributed by atoms with E-state index in [9.17, 15) is 9.59 Å². The molecule has 1 fully saturated rings. The minimum absolute atomic E-state index is 0.0243. The fourth-order valence-electron chi connectivity index (χ4n) is 5.61. The van der Waals surface area contributed by atoms with Crippen LogP contribution in [-0.2, 0) is 9.59 Å². The molecule has 34 heavy (non-hydrogen) atoms. The van der Waals surface area contributed by atoms with Crippen molar-refractivity contribution in [3.8, 4) is 11.5 Å². The maximum absolute atomic E-state index is 13.9. The number of nitrogens with zero attached hydrogens (tertiary/aromatic N) is 1. The zero-order valence-electron chi connectivity index (χ0n) is 20.8. The van der Waals surface area contributed by atoms with E-state index in [1.165, 1.54) is 0 Å². The van der Waals surface area contributed by atoms with Crippen molar-refractivity contribution in [2.75, 3.05) is 26.8 Å². The van der Waals surface area contributed by atoms with Crippen LogP contribution in [0.4, 0.5) is 0 Å². The van der Waals surface area contributed by atoms with Gasteiger partial charge in [0, 0.05) is 42.4 Å². The lowest BCUT2D eigenvalue weighted by Crippen LogP contribution is -2.46. The van der Waals surface area contributed by atoms with Gasteiger partial charge in [-0.05, 0) is 72.2 Å². The Labute approximate surface area is 210 Å². The average molecular weight is 531 g/mol. The zero-order valence-corrected chi connectivity index (χ0v) is 22.4. The summed E-state index contributed by atoms with van der Waals surface area (Å²) in [6, 6.07) is 3.91. The van der Waals surface area contributed by atoms with Gasteiger partial charge in [-0.2, -0.15) is 0 Å². The van der Waals surface area contributed by atoms with Gasteiger partial charge in [0.1, 0.15) is 5.78 Å². The van der Waals surface area contributed by atoms with Gasteiger partial charge >= 0.3 is 0 Å². The first-order valence-electron chi connectivity index (χ1n) is 12.2. The van der Waals surface area contributed by atoms with Gasteiger partial charge in [0.2, 0.25) is 0 Å². The lowest BCUT2D eigenvalue weighted by Gasteiger charge is -2.43. The molecule has 1 aromatic carbocycles. The number of amides is 1. The van der Waals surface area contributed by atoms with E-state index >= 15 is 0 Å². The molecule has 2 heterocycles. The monoisotopic (exact) mass is 530 g/mol. The fourth-order valence-corrected chi connectivity index (χ4v) is 6.23. The van der Waals surface area contributed by atoms with E-state index in [0.29, 0.717) is 30.1 Å². The van der Waals surface area contributed by atoms with Gasteiger partial charge in [-0.15, -0.1) is 0 Å². The lowest BCUT2D eigenvalue weighted by molar-refractivity contribution is -0.129. The van der Waals surface area contributed by atoms with Gasteiger partial charge in [0.05, 0.1) is 24.1 Å². The summed E-state index contributed by atoms with van der Waals surface area (Å²) in [6.45, 7) is 10.0. The van der Waals surface area contributed by atoms with Crippen LogP contribution in [-0.4, -0.2) is 43.4 Å². The largest absolute Gasteiger partial charge is 0.492 e. The molecule has 1 N–H and O–H groups in total. The van der Waals surface area contributed by atoms with Gasteiger partial charge in [-0.3, -0.25) is 9.59 Å². The second kappa shape index (κ2) is 9.76. The Kier molecular flexibility index (Phi) is 7.13. The molecule has 0 spiro atoms. The molecule has 2 unspecified atom stereocenters. The van der Waals surface area contributed by atoms with Crippen molar-refractivity contribution < 1.29 is 19.1 Å². The first-order chi connectivity index (χ1) is 16.2. The second-order valence-corrected chi connectivity index (χ2v) is 11.0. The molecule has 1 saturated heterocycles. The number of fused-ring (bicyclic) bond motifs is 1. The predicted molar refractivity (Wildman–Crippen MR) is 136 cm³/mol. The maximum atomic E-state index is 13.9. The third-order valence-corrected chi connectivity index (χ3v) is 7.60. The van der Waals surface area contributed by atoms with Crippen LogP contribution in [0.15, 0.2) is 39.6 Å². The van der Waals surface area contributed by atoms with Crippen molar-refractivity contribution in [2.45, 2.75) is 59.3 Å². The number of benzene rings is 1. The minimum Gasteiger partial charge on any atom is -0.492 e. The van der Waals surface area contributed by atoms with Crippen LogP contribution in [0.5, 0.6) is 11.5 Å². The third kappa shape index (κ3) is 4.64. The molecule has 0 radical (unpaired) electrons. The highest BCUT2D eigenvalue weighted by Gasteiger charge is 2.46. The second-order valence-electron chi connectivity index (χ2n) is 10.2. The van der Waals surface area contributed by atoms with Crippen molar-refractivity contribution in [2.24, 2.45) is 11.3 Å². The van der Waals surface area contributed by atoms with E-state index in [0.717, 1.165) is 53.8 Å². The summed E-state index contributed by atoms with van der Waals surface area (Å²) in [5.74, 6) is 0.556. The molecule has 7 heteroatoms. The highest BCUT2D eigenvalue weighted by Crippen LogP contribution is 2.49. The quantitative estimate of drug-likeness (QED) is 0.557. The summed E-state index contributed by atoms with van der Waals surface area (Å²) in [5, 5.41) is 3.46. The number of likely N-dealkylation sites (tertiary alicyclic amines) is 1. The number of rotatable bonds is 5. The van der Waals surface area contributed by atoms with Crippen LogP contribution in [0.1, 0.15) is 64.9 Å². The molecule has 6 nitrogen and oxygen atoms in total. The minimum atomic E-state index is -0.435. The fraction of sp³-hybridized carbons (Fsp3) is 0.556. The van der Waals surface area contributed by atoms with Gasteiger partial charge in [-0.1, -0.05) is 19.9 Å². The van der Waals surface area contributed by atoms with Crippen molar-refractivity contribution in [1.82, 2.24) is 10.2 Å². The summed E-state index contributed by atoms with van der Waals surface area (Å²) in [4.78, 5) is 29.5. The van der Waals surface area contributed by atoms with Crippen LogP contribution >= 0.6 is 15.9 Å². The molecule has 3 aliphatic rings. The van der Waals surface area contributed by atoms with E-state index in [1.54, 1.807) is 7.11 Å². The summed E-state index contributed by atoms with van der Waals surface area (Å²) < 4.78 is 12.2. The predicted octanol–water partition coefficient (Wildman–Crippen LogP) is 5.33. The van der Waals surface area contributed by atoms with Gasteiger partial charge in [-0.25, -0.2) is 0 Å². The number of piperidine rings is 1. The Hall–Kier alpha value is -2.28. The molecule has 0 aromatic heterocycles. The first-order valence-corrected chi connectivity index (χ1v) is 13.0. The molecule has 2 atom stereocenters. The molecule has 2 aliphatic heterocycles. The van der Waals surface area contributed by atoms with Crippen molar-refractivity contribution in [3.63, 3.8) is 0 Å². The third-order valence-electron chi connectivity index (χ3n) is 7.01. The number of carbonyl (C=O) groups is 2. The smallest absolute Gasteiger partial charge is 0.252 e. The maximum Gasteiger partial charge on any atom is 0.252 e. The van der Waals surface area contributed by atoms with E-state index < -0.39 is 11.8 Å². The Morgan fingerprint density at radius 2 is 1.91 bits per heavy atom. The highest BCUT2D eigenvalue weighted by atomic mass is 79.9. The molecule has 1 amide bonds. The number of ether oxygens (including phenoxy) is 2. The molecule has 184 valence electrons. The standard InChI is InChI=1S/C27H35BrN2O4/c1-6-34-21-13-17(12-18(28)25(21)33-5)23-22(26(32)30-10-8-7-9-11-30)16(2)29-19-14-27(3,4)15-20(31)24(19)23/h12-14,23-24,29H,6-11,15H2,1-5H3. The number of ketones is 1. The molecule has 0 saturated carbocycles. The van der Waals surface area contributed by atoms with Crippen LogP contribution < -0.4 is 14.8 Å². The Morgan fingerprint density at radius 3 is 2.56 bits per heavy atom. The molecule has 0 bridgehead atoms. The summed E-state index contributed by atoms with van der Waals surface area (Å²) in [6.07, 6.45) is 5.79. The van der Waals surface area contributed by atoms with E-state index in [1.807, 2.05) is 30.9 Å². The van der Waals surface area contributed by atoms with Crippen LogP contribution in [0.3, 0.4) is 0 Å².